The number of hydrogen-bond acceptors (Lipinski definition) is 10. The van der Waals surface area contributed by atoms with E-state index in [9.17, 15) is 9.59 Å². The SMILES string of the molecule is Cc1cc(-n2ccnc2)ccc1CSc1nnc(CN2CCC(OCCN(CC(=O)O)C(=O)OC(C)(C)C)CC2)s1. The van der Waals surface area contributed by atoms with Crippen LogP contribution in [-0.4, -0.2) is 91.2 Å². The molecular weight excluding hydrogens is 564 g/mol. The van der Waals surface area contributed by atoms with Crippen LogP contribution in [0.3, 0.4) is 0 Å². The van der Waals surface area contributed by atoms with E-state index in [0.717, 1.165) is 53.3 Å². The largest absolute Gasteiger partial charge is 0.480 e. The second-order valence-electron chi connectivity index (χ2n) is 11.0. The number of aryl methyl sites for hydroxylation is 1. The molecule has 2 aromatic heterocycles. The smallest absolute Gasteiger partial charge is 0.410 e. The van der Waals surface area contributed by atoms with Gasteiger partial charge in [0.1, 0.15) is 17.2 Å². The van der Waals surface area contributed by atoms with Gasteiger partial charge in [-0.25, -0.2) is 9.78 Å². The lowest BCUT2D eigenvalue weighted by molar-refractivity contribution is -0.138. The average Bonchev–Trinajstić information content (AvgIpc) is 3.60. The molecule has 1 fully saturated rings. The van der Waals surface area contributed by atoms with Crippen molar-refractivity contribution in [2.75, 3.05) is 32.8 Å². The number of hydrogen-bond donors (Lipinski definition) is 1. The summed E-state index contributed by atoms with van der Waals surface area (Å²) in [7, 11) is 0. The van der Waals surface area contributed by atoms with Crippen LogP contribution >= 0.6 is 23.1 Å². The van der Waals surface area contributed by atoms with Crippen molar-refractivity contribution >= 4 is 35.2 Å². The number of likely N-dealkylation sites (tertiary alicyclic amines) is 1. The highest BCUT2D eigenvalue weighted by Crippen LogP contribution is 2.29. The quantitative estimate of drug-likeness (QED) is 0.294. The zero-order valence-corrected chi connectivity index (χ0v) is 25.6. The maximum atomic E-state index is 12.3. The monoisotopic (exact) mass is 602 g/mol. The van der Waals surface area contributed by atoms with Gasteiger partial charge >= 0.3 is 12.1 Å². The molecule has 3 aromatic rings. The van der Waals surface area contributed by atoms with Gasteiger partial charge in [0.25, 0.3) is 0 Å². The lowest BCUT2D eigenvalue weighted by atomic mass is 10.1. The van der Waals surface area contributed by atoms with Crippen LogP contribution in [0.15, 0.2) is 41.3 Å². The predicted molar refractivity (Wildman–Crippen MR) is 157 cm³/mol. The average molecular weight is 603 g/mol. The first kappa shape index (κ1) is 30.9. The number of nitrogens with zero attached hydrogens (tertiary/aromatic N) is 6. The van der Waals surface area contributed by atoms with Crippen molar-refractivity contribution in [3.63, 3.8) is 0 Å². The maximum absolute atomic E-state index is 12.3. The number of aromatic nitrogens is 4. The fourth-order valence-corrected chi connectivity index (χ4v) is 6.41. The summed E-state index contributed by atoms with van der Waals surface area (Å²) in [6, 6.07) is 6.44. The number of carbonyl (C=O) groups excluding carboxylic acids is 1. The second kappa shape index (κ2) is 14.3. The Bertz CT molecular complexity index is 1290. The van der Waals surface area contributed by atoms with Crippen molar-refractivity contribution in [3.05, 3.63) is 53.1 Å². The highest BCUT2D eigenvalue weighted by Gasteiger charge is 2.25. The van der Waals surface area contributed by atoms with Crippen molar-refractivity contribution in [3.8, 4) is 5.69 Å². The highest BCUT2D eigenvalue weighted by molar-refractivity contribution is 8.00. The van der Waals surface area contributed by atoms with Gasteiger partial charge < -0.3 is 19.1 Å². The summed E-state index contributed by atoms with van der Waals surface area (Å²) < 4.78 is 14.3. The van der Waals surface area contributed by atoms with Gasteiger partial charge in [0.2, 0.25) is 0 Å². The first-order valence-corrected chi connectivity index (χ1v) is 15.4. The van der Waals surface area contributed by atoms with Crippen LogP contribution in [0.25, 0.3) is 5.69 Å². The Morgan fingerprint density at radius 3 is 2.66 bits per heavy atom. The van der Waals surface area contributed by atoms with Crippen LogP contribution in [0.5, 0.6) is 0 Å². The van der Waals surface area contributed by atoms with Crippen molar-refractivity contribution in [2.45, 2.75) is 68.9 Å². The molecule has 11 nitrogen and oxygen atoms in total. The summed E-state index contributed by atoms with van der Waals surface area (Å²) in [4.78, 5) is 31.2. The van der Waals surface area contributed by atoms with Crippen LogP contribution in [-0.2, 0) is 26.6 Å². The van der Waals surface area contributed by atoms with E-state index in [1.807, 2.05) is 10.8 Å². The van der Waals surface area contributed by atoms with Crippen LogP contribution in [0.4, 0.5) is 4.79 Å². The molecule has 222 valence electrons. The first-order valence-electron chi connectivity index (χ1n) is 13.6. The van der Waals surface area contributed by atoms with E-state index in [0.29, 0.717) is 0 Å². The Hall–Kier alpha value is -3.00. The number of piperidine rings is 1. The Balaban J connectivity index is 1.17. The van der Waals surface area contributed by atoms with Gasteiger partial charge in [-0.15, -0.1) is 10.2 Å². The summed E-state index contributed by atoms with van der Waals surface area (Å²) >= 11 is 3.35. The summed E-state index contributed by atoms with van der Waals surface area (Å²) in [5, 5.41) is 19.0. The molecule has 0 saturated carbocycles. The number of rotatable bonds is 12. The second-order valence-corrected chi connectivity index (χ2v) is 13.3. The molecule has 1 aromatic carbocycles. The molecular formula is C28H38N6O5S2. The molecule has 1 N–H and O–H groups in total. The molecule has 0 atom stereocenters. The van der Waals surface area contributed by atoms with Crippen molar-refractivity contribution in [1.82, 2.24) is 29.5 Å². The number of amides is 1. The summed E-state index contributed by atoms with van der Waals surface area (Å²) in [5.41, 5.74) is 2.91. The number of benzene rings is 1. The van der Waals surface area contributed by atoms with Gasteiger partial charge in [0.05, 0.1) is 25.6 Å². The van der Waals surface area contributed by atoms with Gasteiger partial charge in [-0.3, -0.25) is 14.6 Å². The normalized spacial score (nSPS) is 14.7. The number of thioether (sulfide) groups is 1. The van der Waals surface area contributed by atoms with Crippen LogP contribution in [0.1, 0.15) is 49.7 Å². The van der Waals surface area contributed by atoms with E-state index in [2.05, 4.69) is 45.2 Å². The lowest BCUT2D eigenvalue weighted by Gasteiger charge is -2.32. The fourth-order valence-electron chi connectivity index (χ4n) is 4.39. The molecule has 1 aliphatic heterocycles. The summed E-state index contributed by atoms with van der Waals surface area (Å²) in [6.07, 6.45) is 6.66. The van der Waals surface area contributed by atoms with Crippen molar-refractivity contribution < 1.29 is 24.2 Å². The fraction of sp³-hybridized carbons (Fsp3) is 0.536. The standard InChI is InChI=1S/C28H38N6O5S2/c1-20-15-22(34-12-9-29-19-34)6-5-21(20)18-40-26-31-30-24(41-26)16-32-10-7-23(8-11-32)38-14-13-33(17-25(35)36)27(37)39-28(2,3)4/h5-6,9,12,15,19,23H,7-8,10-11,13-14,16-18H2,1-4H3,(H,35,36). The number of carboxylic acids is 1. The number of aliphatic carboxylic acids is 1. The maximum Gasteiger partial charge on any atom is 0.410 e. The van der Waals surface area contributed by atoms with Crippen LogP contribution < -0.4 is 0 Å². The van der Waals surface area contributed by atoms with Crippen LogP contribution in [0, 0.1) is 6.92 Å². The molecule has 41 heavy (non-hydrogen) atoms. The van der Waals surface area contributed by atoms with Gasteiger partial charge in [-0.1, -0.05) is 29.2 Å². The molecule has 0 bridgehead atoms. The molecule has 0 radical (unpaired) electrons. The van der Waals surface area contributed by atoms with E-state index in [1.165, 1.54) is 16.0 Å². The van der Waals surface area contributed by atoms with Gasteiger partial charge in [-0.05, 0) is 63.8 Å². The molecule has 3 heterocycles. The van der Waals surface area contributed by atoms with E-state index < -0.39 is 24.2 Å². The Labute approximate surface area is 248 Å². The van der Waals surface area contributed by atoms with E-state index in [-0.39, 0.29) is 19.3 Å². The number of carbonyl (C=O) groups is 2. The topological polar surface area (TPSA) is 123 Å². The van der Waals surface area contributed by atoms with Crippen molar-refractivity contribution in [1.29, 1.82) is 0 Å². The lowest BCUT2D eigenvalue weighted by Crippen LogP contribution is -2.42. The zero-order valence-electron chi connectivity index (χ0n) is 24.0. The highest BCUT2D eigenvalue weighted by atomic mass is 32.2. The van der Waals surface area contributed by atoms with Crippen molar-refractivity contribution in [2.24, 2.45) is 0 Å². The predicted octanol–water partition coefficient (Wildman–Crippen LogP) is 4.63. The molecule has 13 heteroatoms. The third-order valence-electron chi connectivity index (χ3n) is 6.51. The van der Waals surface area contributed by atoms with Gasteiger partial charge in [-0.2, -0.15) is 0 Å². The molecule has 0 aliphatic carbocycles. The van der Waals surface area contributed by atoms with E-state index in [1.54, 1.807) is 56.4 Å². The molecule has 1 aliphatic rings. The minimum absolute atomic E-state index is 0.0699. The van der Waals surface area contributed by atoms with E-state index >= 15 is 0 Å². The zero-order chi connectivity index (χ0) is 29.4. The third-order valence-corrected chi connectivity index (χ3v) is 8.60. The Kier molecular flexibility index (Phi) is 10.8. The number of ether oxygens (including phenoxy) is 2. The molecule has 1 amide bonds. The Morgan fingerprint density at radius 2 is 2.00 bits per heavy atom. The Morgan fingerprint density at radius 1 is 1.22 bits per heavy atom. The molecule has 0 unspecified atom stereocenters. The third kappa shape index (κ3) is 9.80. The molecule has 4 rings (SSSR count). The summed E-state index contributed by atoms with van der Waals surface area (Å²) in [5.74, 6) is -0.247. The van der Waals surface area contributed by atoms with E-state index in [4.69, 9.17) is 14.6 Å². The minimum atomic E-state index is -1.09. The molecule has 0 spiro atoms. The van der Waals surface area contributed by atoms with Gasteiger partial charge in [0.15, 0.2) is 4.34 Å². The molecule has 1 saturated heterocycles. The minimum Gasteiger partial charge on any atom is -0.480 e. The first-order chi connectivity index (χ1) is 19.6. The van der Waals surface area contributed by atoms with Crippen LogP contribution in [0.2, 0.25) is 0 Å². The van der Waals surface area contributed by atoms with Gasteiger partial charge in [0, 0.05) is 43.5 Å². The summed E-state index contributed by atoms with van der Waals surface area (Å²) in [6.45, 7) is 9.90. The number of carboxylic acid groups (broad SMARTS) is 1. The number of imidazole rings is 1.